The number of carboxylic acids is 1. The van der Waals surface area contributed by atoms with Gasteiger partial charge in [0.2, 0.25) is 0 Å². The number of carboxylic acid groups (broad SMARTS) is 1. The van der Waals surface area contributed by atoms with Gasteiger partial charge in [-0.3, -0.25) is 34.5 Å². The number of ether oxygens (including phenoxy) is 1. The van der Waals surface area contributed by atoms with Crippen molar-refractivity contribution in [3.8, 4) is 0 Å². The number of unbranched alkanes of at least 4 members (excludes halogenated alkanes) is 4. The first-order valence-electron chi connectivity index (χ1n) is 27.1. The summed E-state index contributed by atoms with van der Waals surface area (Å²) in [5, 5.41) is 10.1. The predicted octanol–water partition coefficient (Wildman–Crippen LogP) is 8.27. The SMILES string of the molecule is CCOC(=O)C(c1cccnc1C1CC1)N1CC[C@@H](CCCCCc2ccc3c(n2)CCCC3)C1.O=C(O)C(c1cccnc1C1CC1)N1CC[C@@H](CCCCCc2ccc3c(n2)CCCC3)C1.[Li+].[OH-]. The Kier molecular flexibility index (Phi) is 20.5. The first-order chi connectivity index (χ1) is 33.4. The molecule has 0 bridgehead atoms. The zero-order valence-corrected chi connectivity index (χ0v) is 42.5. The van der Waals surface area contributed by atoms with Gasteiger partial charge in [-0.15, -0.1) is 0 Å². The number of aryl methyl sites for hydroxylation is 6. The van der Waals surface area contributed by atoms with E-state index in [1.807, 2.05) is 37.5 Å². The summed E-state index contributed by atoms with van der Waals surface area (Å²) < 4.78 is 5.54. The van der Waals surface area contributed by atoms with Gasteiger partial charge in [0, 0.05) is 82.6 Å². The van der Waals surface area contributed by atoms with Crippen LogP contribution in [0.3, 0.4) is 0 Å². The maximum Gasteiger partial charge on any atom is 1.00 e. The topological polar surface area (TPSA) is 152 Å². The van der Waals surface area contributed by atoms with Crippen LogP contribution >= 0.6 is 0 Å². The third kappa shape index (κ3) is 14.4. The second-order valence-corrected chi connectivity index (χ2v) is 21.1. The molecule has 372 valence electrons. The Morgan fingerprint density at radius 2 is 1.10 bits per heavy atom. The van der Waals surface area contributed by atoms with Crippen molar-refractivity contribution in [2.45, 2.75) is 185 Å². The van der Waals surface area contributed by atoms with E-state index in [4.69, 9.17) is 14.7 Å². The van der Waals surface area contributed by atoms with Crippen molar-refractivity contribution in [2.24, 2.45) is 11.8 Å². The molecule has 10 rings (SSSR count). The van der Waals surface area contributed by atoms with Crippen LogP contribution in [0.25, 0.3) is 0 Å². The molecule has 12 heteroatoms. The minimum atomic E-state index is -0.733. The van der Waals surface area contributed by atoms with E-state index < -0.39 is 12.0 Å². The summed E-state index contributed by atoms with van der Waals surface area (Å²) in [7, 11) is 0. The molecule has 0 aromatic carbocycles. The van der Waals surface area contributed by atoms with Crippen LogP contribution in [0.2, 0.25) is 0 Å². The number of esters is 1. The van der Waals surface area contributed by atoms with E-state index in [1.54, 1.807) is 0 Å². The van der Waals surface area contributed by atoms with E-state index in [9.17, 15) is 14.7 Å². The van der Waals surface area contributed by atoms with E-state index in [2.05, 4.69) is 50.1 Å². The molecule has 0 spiro atoms. The minimum absolute atomic E-state index is 0. The fraction of sp³-hybridized carbons (Fsp3) is 0.621. The van der Waals surface area contributed by atoms with Crippen LogP contribution in [-0.4, -0.2) is 85.0 Å². The third-order valence-corrected chi connectivity index (χ3v) is 15.9. The van der Waals surface area contributed by atoms with Crippen LogP contribution in [0.1, 0.15) is 203 Å². The van der Waals surface area contributed by atoms with Gasteiger partial charge in [0.1, 0.15) is 12.1 Å². The van der Waals surface area contributed by atoms with Crippen LogP contribution in [0, 0.1) is 11.8 Å². The second kappa shape index (κ2) is 26.6. The van der Waals surface area contributed by atoms with E-state index in [1.165, 1.54) is 143 Å². The molecule has 6 aliphatic rings. The van der Waals surface area contributed by atoms with Gasteiger partial charge in [-0.1, -0.05) is 49.9 Å². The number of aliphatic carboxylic acids is 1. The summed E-state index contributed by atoms with van der Waals surface area (Å²) in [6.07, 6.45) is 32.5. The first kappa shape index (κ1) is 53.8. The van der Waals surface area contributed by atoms with Gasteiger partial charge in [-0.2, -0.15) is 0 Å². The number of aromatic nitrogens is 4. The van der Waals surface area contributed by atoms with Crippen LogP contribution in [0.15, 0.2) is 60.9 Å². The summed E-state index contributed by atoms with van der Waals surface area (Å²) in [5.41, 5.74) is 12.3. The molecule has 4 aliphatic carbocycles. The largest absolute Gasteiger partial charge is 1.00 e. The second-order valence-electron chi connectivity index (χ2n) is 21.1. The van der Waals surface area contributed by atoms with Gasteiger partial charge in [-0.05, 0) is 196 Å². The summed E-state index contributed by atoms with van der Waals surface area (Å²) in [4.78, 5) is 48.9. The van der Waals surface area contributed by atoms with Gasteiger partial charge in [0.25, 0.3) is 0 Å². The van der Waals surface area contributed by atoms with Crippen molar-refractivity contribution in [1.29, 1.82) is 0 Å². The molecular weight excluding hydrogens is 868 g/mol. The van der Waals surface area contributed by atoms with Crippen molar-refractivity contribution in [3.63, 3.8) is 0 Å². The summed E-state index contributed by atoms with van der Waals surface area (Å²) in [6.45, 7) is 6.03. The van der Waals surface area contributed by atoms with Crippen LogP contribution in [0.4, 0.5) is 0 Å². The molecule has 2 saturated heterocycles. The Morgan fingerprint density at radius 3 is 1.57 bits per heavy atom. The van der Waals surface area contributed by atoms with Gasteiger partial charge in [0.05, 0.1) is 6.61 Å². The predicted molar refractivity (Wildman–Crippen MR) is 270 cm³/mol. The van der Waals surface area contributed by atoms with E-state index in [-0.39, 0.29) is 36.3 Å². The number of hydrogen-bond acceptors (Lipinski definition) is 10. The fourth-order valence-corrected chi connectivity index (χ4v) is 11.9. The Balaban J connectivity index is 0.000000201. The van der Waals surface area contributed by atoms with Gasteiger partial charge in [-0.25, -0.2) is 4.79 Å². The number of carbonyl (C=O) groups excluding carboxylic acids is 1. The normalized spacial score (nSPS) is 20.7. The molecule has 2 unspecified atom stereocenters. The molecule has 0 amide bonds. The van der Waals surface area contributed by atoms with Crippen molar-refractivity contribution in [3.05, 3.63) is 117 Å². The molecule has 70 heavy (non-hydrogen) atoms. The van der Waals surface area contributed by atoms with Crippen molar-refractivity contribution < 1.29 is 43.8 Å². The fourth-order valence-electron chi connectivity index (χ4n) is 11.9. The number of pyridine rings is 4. The monoisotopic (exact) mass is 947 g/mol. The summed E-state index contributed by atoms with van der Waals surface area (Å²) >= 11 is 0. The Morgan fingerprint density at radius 1 is 0.629 bits per heavy atom. The van der Waals surface area contributed by atoms with Crippen molar-refractivity contribution in [2.75, 3.05) is 32.8 Å². The average Bonchev–Trinajstić information content (AvgIpc) is 4.30. The summed E-state index contributed by atoms with van der Waals surface area (Å²) in [5.74, 6) is 1.41. The van der Waals surface area contributed by atoms with Gasteiger partial charge in [0.15, 0.2) is 0 Å². The van der Waals surface area contributed by atoms with E-state index in [0.29, 0.717) is 30.3 Å². The number of likely N-dealkylation sites (tertiary alicyclic amines) is 2. The molecule has 2 aliphatic heterocycles. The number of carbonyl (C=O) groups is 2. The minimum Gasteiger partial charge on any atom is -0.870 e. The molecule has 2 saturated carbocycles. The molecule has 4 fully saturated rings. The molecule has 11 nitrogen and oxygen atoms in total. The van der Waals surface area contributed by atoms with Crippen LogP contribution in [-0.2, 0) is 52.9 Å². The Bertz CT molecular complexity index is 2300. The van der Waals surface area contributed by atoms with E-state index in [0.717, 1.165) is 93.6 Å². The molecule has 0 radical (unpaired) electrons. The standard InChI is InChI=1S/C30H41N3O2.C28H37N3O2.Li.H2O/c1-2-35-30(34)29(26-12-8-19-31-28(26)24-14-15-24)33-20-18-22(21-33)9-4-3-5-11-25-17-16-23-10-6-7-13-27(23)32-25;32-28(33)27(24-10-6-17-29-26(24)22-12-13-22)31-18-16-20(19-31)7-2-1-3-9-23-15-14-21-8-4-5-11-25(21)30-23;;/h8,12,16-17,19,22,24,29H,2-7,9-11,13-15,18,20-21H2,1H3;6,10,14-15,17,20,22,27H,1-5,7-9,11-13,16,18-19H2,(H,32,33);;1H2/q;;+1;/p-1/t22-,29?;20-,27?;;/m11../s1. The van der Waals surface area contributed by atoms with Crippen LogP contribution in [0.5, 0.6) is 0 Å². The number of nitrogens with zero attached hydrogens (tertiary/aromatic N) is 6. The van der Waals surface area contributed by atoms with Crippen LogP contribution < -0.4 is 18.9 Å². The molecular formula is C58H79LiN6O5. The molecule has 2 N–H and O–H groups in total. The third-order valence-electron chi connectivity index (χ3n) is 15.9. The average molecular weight is 947 g/mol. The quantitative estimate of drug-likeness (QED) is 0.0488. The molecule has 4 aromatic heterocycles. The molecule has 4 aromatic rings. The molecule has 4 atom stereocenters. The maximum absolute atomic E-state index is 13.1. The maximum atomic E-state index is 13.1. The number of rotatable bonds is 21. The smallest absolute Gasteiger partial charge is 0.870 e. The number of fused-ring (bicyclic) bond motifs is 2. The zero-order chi connectivity index (χ0) is 46.7. The molecule has 6 heterocycles. The van der Waals surface area contributed by atoms with Crippen molar-refractivity contribution in [1.82, 2.24) is 29.7 Å². The van der Waals surface area contributed by atoms with E-state index >= 15 is 0 Å². The zero-order valence-electron chi connectivity index (χ0n) is 42.5. The first-order valence-corrected chi connectivity index (χ1v) is 27.1. The summed E-state index contributed by atoms with van der Waals surface area (Å²) in [6, 6.07) is 16.2. The number of hydrogen-bond donors (Lipinski definition) is 1. The van der Waals surface area contributed by atoms with Gasteiger partial charge < -0.3 is 15.3 Å². The Labute approximate surface area is 430 Å². The van der Waals surface area contributed by atoms with Gasteiger partial charge >= 0.3 is 30.8 Å². The van der Waals surface area contributed by atoms with Crippen molar-refractivity contribution >= 4 is 11.9 Å². The Hall–Kier alpha value is -3.98.